The number of nitrogens with one attached hydrogen (secondary N) is 2. The molecule has 0 saturated heterocycles. The predicted molar refractivity (Wildman–Crippen MR) is 82.2 cm³/mol. The van der Waals surface area contributed by atoms with Crippen molar-refractivity contribution >= 4 is 11.6 Å². The van der Waals surface area contributed by atoms with E-state index in [4.69, 9.17) is 0 Å². The SMILES string of the molecule is CN(C)c1ccc(CCCNC(=O)c2ccc[nH]2)cc1. The van der Waals surface area contributed by atoms with Crippen molar-refractivity contribution in [1.82, 2.24) is 10.3 Å². The number of H-pyrrole nitrogens is 1. The lowest BCUT2D eigenvalue weighted by atomic mass is 10.1. The van der Waals surface area contributed by atoms with Gasteiger partial charge in [0.1, 0.15) is 5.69 Å². The number of benzene rings is 1. The molecular weight excluding hydrogens is 250 g/mol. The molecule has 106 valence electrons. The molecule has 0 saturated carbocycles. The summed E-state index contributed by atoms with van der Waals surface area (Å²) in [4.78, 5) is 16.7. The predicted octanol–water partition coefficient (Wildman–Crippen LogP) is 2.44. The normalized spacial score (nSPS) is 10.3. The first-order valence-electron chi connectivity index (χ1n) is 6.84. The van der Waals surface area contributed by atoms with Crippen molar-refractivity contribution in [3.63, 3.8) is 0 Å². The molecule has 0 atom stereocenters. The number of carbonyl (C=O) groups excluding carboxylic acids is 1. The van der Waals surface area contributed by atoms with Crippen molar-refractivity contribution in [3.8, 4) is 0 Å². The lowest BCUT2D eigenvalue weighted by Gasteiger charge is -2.12. The molecule has 2 N–H and O–H groups in total. The Labute approximate surface area is 119 Å². The summed E-state index contributed by atoms with van der Waals surface area (Å²) in [5, 5.41) is 2.91. The Kier molecular flexibility index (Phi) is 4.82. The molecule has 20 heavy (non-hydrogen) atoms. The molecule has 0 aliphatic rings. The van der Waals surface area contributed by atoms with Crippen molar-refractivity contribution in [2.45, 2.75) is 12.8 Å². The zero-order chi connectivity index (χ0) is 14.4. The van der Waals surface area contributed by atoms with Gasteiger partial charge in [-0.2, -0.15) is 0 Å². The third-order valence-corrected chi connectivity index (χ3v) is 3.22. The molecule has 0 spiro atoms. The Morgan fingerprint density at radius 2 is 1.95 bits per heavy atom. The van der Waals surface area contributed by atoms with Crippen molar-refractivity contribution in [1.29, 1.82) is 0 Å². The van der Waals surface area contributed by atoms with Crippen LogP contribution in [-0.4, -0.2) is 31.5 Å². The summed E-state index contributed by atoms with van der Waals surface area (Å²) >= 11 is 0. The van der Waals surface area contributed by atoms with Gasteiger partial charge in [0.05, 0.1) is 0 Å². The van der Waals surface area contributed by atoms with Crippen molar-refractivity contribution < 1.29 is 4.79 Å². The monoisotopic (exact) mass is 271 g/mol. The number of nitrogens with zero attached hydrogens (tertiary/aromatic N) is 1. The summed E-state index contributed by atoms with van der Waals surface area (Å²) in [5.74, 6) is -0.0436. The van der Waals surface area contributed by atoms with Gasteiger partial charge in [0, 0.05) is 32.5 Å². The van der Waals surface area contributed by atoms with E-state index in [0.717, 1.165) is 12.8 Å². The maximum absolute atomic E-state index is 11.7. The van der Waals surface area contributed by atoms with E-state index in [-0.39, 0.29) is 5.91 Å². The molecule has 0 radical (unpaired) electrons. The van der Waals surface area contributed by atoms with Gasteiger partial charge in [-0.25, -0.2) is 0 Å². The molecule has 1 aromatic carbocycles. The highest BCUT2D eigenvalue weighted by atomic mass is 16.1. The largest absolute Gasteiger partial charge is 0.378 e. The number of carbonyl (C=O) groups is 1. The molecule has 1 aromatic heterocycles. The van der Waals surface area contributed by atoms with Crippen molar-refractivity contribution in [2.75, 3.05) is 25.5 Å². The van der Waals surface area contributed by atoms with Gasteiger partial charge in [-0.3, -0.25) is 4.79 Å². The number of hydrogen-bond donors (Lipinski definition) is 2. The molecule has 1 amide bonds. The van der Waals surface area contributed by atoms with Crippen molar-refractivity contribution in [2.24, 2.45) is 0 Å². The van der Waals surface area contributed by atoms with Gasteiger partial charge >= 0.3 is 0 Å². The van der Waals surface area contributed by atoms with Crippen LogP contribution in [0.4, 0.5) is 5.69 Å². The summed E-state index contributed by atoms with van der Waals surface area (Å²) in [7, 11) is 4.07. The average molecular weight is 271 g/mol. The fourth-order valence-corrected chi connectivity index (χ4v) is 2.02. The van der Waals surface area contributed by atoms with Gasteiger partial charge in [-0.1, -0.05) is 12.1 Å². The third kappa shape index (κ3) is 3.88. The minimum absolute atomic E-state index is 0.0436. The Balaban J connectivity index is 1.72. The Hall–Kier alpha value is -2.23. The third-order valence-electron chi connectivity index (χ3n) is 3.22. The van der Waals surface area contributed by atoms with E-state index in [1.807, 2.05) is 20.2 Å². The van der Waals surface area contributed by atoms with Gasteiger partial charge in [0.25, 0.3) is 5.91 Å². The highest BCUT2D eigenvalue weighted by Crippen LogP contribution is 2.13. The highest BCUT2D eigenvalue weighted by molar-refractivity contribution is 5.92. The lowest BCUT2D eigenvalue weighted by molar-refractivity contribution is 0.0949. The van der Waals surface area contributed by atoms with Crippen LogP contribution >= 0.6 is 0 Å². The van der Waals surface area contributed by atoms with E-state index in [1.54, 1.807) is 12.3 Å². The Bertz CT molecular complexity index is 529. The Morgan fingerprint density at radius 1 is 1.20 bits per heavy atom. The van der Waals surface area contributed by atoms with Crippen LogP contribution in [0.25, 0.3) is 0 Å². The van der Waals surface area contributed by atoms with Gasteiger partial charge in [0.2, 0.25) is 0 Å². The fraction of sp³-hybridized carbons (Fsp3) is 0.312. The van der Waals surface area contributed by atoms with Gasteiger partial charge in [-0.05, 0) is 42.7 Å². The van der Waals surface area contributed by atoms with Gasteiger partial charge in [0.15, 0.2) is 0 Å². The molecule has 4 heteroatoms. The zero-order valence-electron chi connectivity index (χ0n) is 12.0. The second-order valence-corrected chi connectivity index (χ2v) is 5.00. The molecule has 0 bridgehead atoms. The second-order valence-electron chi connectivity index (χ2n) is 5.00. The molecule has 1 heterocycles. The van der Waals surface area contributed by atoms with Crippen LogP contribution in [0, 0.1) is 0 Å². The van der Waals surface area contributed by atoms with Crippen LogP contribution in [0.15, 0.2) is 42.6 Å². The molecule has 0 fully saturated rings. The fourth-order valence-electron chi connectivity index (χ4n) is 2.02. The van der Waals surface area contributed by atoms with Crippen LogP contribution in [0.1, 0.15) is 22.5 Å². The van der Waals surface area contributed by atoms with Gasteiger partial charge in [-0.15, -0.1) is 0 Å². The minimum Gasteiger partial charge on any atom is -0.378 e. The smallest absolute Gasteiger partial charge is 0.267 e. The summed E-state index contributed by atoms with van der Waals surface area (Å²) in [6, 6.07) is 12.1. The second kappa shape index (κ2) is 6.80. The highest BCUT2D eigenvalue weighted by Gasteiger charge is 2.04. The van der Waals surface area contributed by atoms with Crippen LogP contribution in [0.3, 0.4) is 0 Å². The summed E-state index contributed by atoms with van der Waals surface area (Å²) in [6.45, 7) is 0.688. The molecule has 2 rings (SSSR count). The van der Waals surface area contributed by atoms with Crippen LogP contribution in [-0.2, 0) is 6.42 Å². The van der Waals surface area contributed by atoms with E-state index < -0.39 is 0 Å². The molecule has 2 aromatic rings. The average Bonchev–Trinajstić information content (AvgIpc) is 2.98. The standard InChI is InChI=1S/C16H21N3O/c1-19(2)14-9-7-13(8-10-14)5-3-12-18-16(20)15-6-4-11-17-15/h4,6-11,17H,3,5,12H2,1-2H3,(H,18,20). The van der Waals surface area contributed by atoms with Gasteiger partial charge < -0.3 is 15.2 Å². The number of anilines is 1. The number of hydrogen-bond acceptors (Lipinski definition) is 2. The summed E-state index contributed by atoms with van der Waals surface area (Å²) in [6.07, 6.45) is 3.66. The number of aromatic amines is 1. The molecule has 4 nitrogen and oxygen atoms in total. The first-order valence-corrected chi connectivity index (χ1v) is 6.84. The zero-order valence-corrected chi connectivity index (χ0v) is 12.0. The van der Waals surface area contributed by atoms with E-state index in [1.165, 1.54) is 11.3 Å². The first kappa shape index (κ1) is 14.2. The quantitative estimate of drug-likeness (QED) is 0.793. The summed E-state index contributed by atoms with van der Waals surface area (Å²) < 4.78 is 0. The van der Waals surface area contributed by atoms with Crippen LogP contribution in [0.5, 0.6) is 0 Å². The maximum Gasteiger partial charge on any atom is 0.267 e. The first-order chi connectivity index (χ1) is 9.66. The number of rotatable bonds is 6. The van der Waals surface area contributed by atoms with E-state index >= 15 is 0 Å². The lowest BCUT2D eigenvalue weighted by Crippen LogP contribution is -2.25. The van der Waals surface area contributed by atoms with Crippen LogP contribution in [0.2, 0.25) is 0 Å². The Morgan fingerprint density at radius 3 is 2.55 bits per heavy atom. The molecule has 0 unspecified atom stereocenters. The van der Waals surface area contributed by atoms with E-state index in [0.29, 0.717) is 12.2 Å². The molecular formula is C16H21N3O. The van der Waals surface area contributed by atoms with E-state index in [2.05, 4.69) is 39.5 Å². The molecule has 0 aliphatic carbocycles. The van der Waals surface area contributed by atoms with E-state index in [9.17, 15) is 4.79 Å². The summed E-state index contributed by atoms with van der Waals surface area (Å²) in [5.41, 5.74) is 3.11. The number of aromatic nitrogens is 1. The number of amides is 1. The van der Waals surface area contributed by atoms with Crippen LogP contribution < -0.4 is 10.2 Å². The topological polar surface area (TPSA) is 48.1 Å². The maximum atomic E-state index is 11.7. The van der Waals surface area contributed by atoms with Crippen molar-refractivity contribution in [3.05, 3.63) is 53.9 Å². The number of aryl methyl sites for hydroxylation is 1. The minimum atomic E-state index is -0.0436. The molecule has 0 aliphatic heterocycles.